The summed E-state index contributed by atoms with van der Waals surface area (Å²) < 4.78 is 0. The number of carbonyl (C=O) groups excluding carboxylic acids is 2. The number of thiophene rings is 1. The summed E-state index contributed by atoms with van der Waals surface area (Å²) in [6.45, 7) is 1.46. The molecule has 29 heavy (non-hydrogen) atoms. The van der Waals surface area contributed by atoms with Crippen LogP contribution in [0.15, 0.2) is 66.2 Å². The van der Waals surface area contributed by atoms with E-state index in [2.05, 4.69) is 40.7 Å². The molecule has 6 heteroatoms. The number of pyridine rings is 1. The van der Waals surface area contributed by atoms with Gasteiger partial charge in [-0.2, -0.15) is 0 Å². The van der Waals surface area contributed by atoms with Crippen LogP contribution in [0.5, 0.6) is 0 Å². The van der Waals surface area contributed by atoms with Crippen LogP contribution in [0.4, 0.5) is 0 Å². The van der Waals surface area contributed by atoms with E-state index in [0.29, 0.717) is 31.7 Å². The molecule has 2 aromatic heterocycles. The first kappa shape index (κ1) is 19.3. The third kappa shape index (κ3) is 4.38. The van der Waals surface area contributed by atoms with E-state index in [9.17, 15) is 9.59 Å². The zero-order chi connectivity index (χ0) is 20.2. The summed E-state index contributed by atoms with van der Waals surface area (Å²) in [6.07, 6.45) is 2.23. The van der Waals surface area contributed by atoms with Gasteiger partial charge in [-0.1, -0.05) is 36.4 Å². The summed E-state index contributed by atoms with van der Waals surface area (Å²) in [5.74, 6) is -0.293. The number of aromatic nitrogens is 1. The maximum Gasteiger partial charge on any atom is 0.272 e. The summed E-state index contributed by atoms with van der Waals surface area (Å²) in [6, 6.07) is 17.8. The standard InChI is InChI=1S/C23H23N3O2S/c1-25-12-13-26(23(28)20-5-2-3-11-24-20)16-19(22(25)27)15-17-7-9-18(10-8-17)21-6-4-14-29-21/h2-11,14,19H,12-13,15-16H2,1H3/t19-/m0/s1. The maximum absolute atomic E-state index is 12.9. The van der Waals surface area contributed by atoms with Crippen LogP contribution in [0, 0.1) is 5.92 Å². The fourth-order valence-corrected chi connectivity index (χ4v) is 4.38. The molecule has 1 aliphatic heterocycles. The lowest BCUT2D eigenvalue weighted by molar-refractivity contribution is -0.133. The summed E-state index contributed by atoms with van der Waals surface area (Å²) in [4.78, 5) is 34.7. The first-order valence-corrected chi connectivity index (χ1v) is 10.6. The van der Waals surface area contributed by atoms with Crippen molar-refractivity contribution < 1.29 is 9.59 Å². The second-order valence-electron chi connectivity index (χ2n) is 7.30. The van der Waals surface area contributed by atoms with Crippen LogP contribution in [-0.4, -0.2) is 53.3 Å². The van der Waals surface area contributed by atoms with Crippen LogP contribution in [0.3, 0.4) is 0 Å². The van der Waals surface area contributed by atoms with E-state index in [1.54, 1.807) is 39.5 Å². The molecule has 148 valence electrons. The Labute approximate surface area is 174 Å². The van der Waals surface area contributed by atoms with E-state index in [4.69, 9.17) is 0 Å². The lowest BCUT2D eigenvalue weighted by Gasteiger charge is -2.23. The van der Waals surface area contributed by atoms with Crippen LogP contribution in [0.1, 0.15) is 16.1 Å². The lowest BCUT2D eigenvalue weighted by atomic mass is 9.96. The molecule has 5 nitrogen and oxygen atoms in total. The molecule has 1 saturated heterocycles. The number of likely N-dealkylation sites (N-methyl/N-ethyl adjacent to an activating group) is 1. The second-order valence-corrected chi connectivity index (χ2v) is 8.25. The number of hydrogen-bond acceptors (Lipinski definition) is 4. The molecule has 3 heterocycles. The van der Waals surface area contributed by atoms with Gasteiger partial charge in [0.1, 0.15) is 5.69 Å². The average Bonchev–Trinajstić information content (AvgIpc) is 3.26. The van der Waals surface area contributed by atoms with Gasteiger partial charge >= 0.3 is 0 Å². The first-order chi connectivity index (χ1) is 14.1. The van der Waals surface area contributed by atoms with Gasteiger partial charge in [0.2, 0.25) is 5.91 Å². The van der Waals surface area contributed by atoms with E-state index in [1.165, 1.54) is 10.4 Å². The number of amides is 2. The molecule has 0 bridgehead atoms. The third-order valence-corrected chi connectivity index (χ3v) is 6.20. The summed E-state index contributed by atoms with van der Waals surface area (Å²) in [7, 11) is 1.81. The molecule has 1 fully saturated rings. The van der Waals surface area contributed by atoms with Gasteiger partial charge in [-0.15, -0.1) is 11.3 Å². The molecule has 2 amide bonds. The third-order valence-electron chi connectivity index (χ3n) is 5.28. The van der Waals surface area contributed by atoms with Gasteiger partial charge < -0.3 is 9.80 Å². The van der Waals surface area contributed by atoms with E-state index in [0.717, 1.165) is 5.56 Å². The number of rotatable bonds is 4. The molecular formula is C23H23N3O2S. The normalized spacial score (nSPS) is 17.3. The second kappa shape index (κ2) is 8.57. The Morgan fingerprint density at radius 1 is 1.10 bits per heavy atom. The Morgan fingerprint density at radius 3 is 2.62 bits per heavy atom. The molecule has 4 rings (SSSR count). The Hall–Kier alpha value is -2.99. The number of hydrogen-bond donors (Lipinski definition) is 0. The lowest BCUT2D eigenvalue weighted by Crippen LogP contribution is -2.37. The fourth-order valence-electron chi connectivity index (χ4n) is 3.65. The zero-order valence-corrected chi connectivity index (χ0v) is 17.1. The van der Waals surface area contributed by atoms with E-state index < -0.39 is 0 Å². The SMILES string of the molecule is CN1CCN(C(=O)c2ccccn2)C[C@H](Cc2ccc(-c3cccs3)cc2)C1=O. The Bertz CT molecular complexity index is 971. The zero-order valence-electron chi connectivity index (χ0n) is 16.3. The van der Waals surface area contributed by atoms with Crippen molar-refractivity contribution in [2.75, 3.05) is 26.7 Å². The molecule has 0 unspecified atom stereocenters. The van der Waals surface area contributed by atoms with Crippen molar-refractivity contribution in [3.05, 3.63) is 77.4 Å². The molecule has 3 aromatic rings. The van der Waals surface area contributed by atoms with Crippen molar-refractivity contribution in [3.8, 4) is 10.4 Å². The van der Waals surface area contributed by atoms with Gasteiger partial charge in [0.05, 0.1) is 5.92 Å². The summed E-state index contributed by atoms with van der Waals surface area (Å²) in [5, 5.41) is 2.07. The minimum atomic E-state index is -0.261. The van der Waals surface area contributed by atoms with Crippen molar-refractivity contribution in [2.45, 2.75) is 6.42 Å². The molecular weight excluding hydrogens is 382 g/mol. The van der Waals surface area contributed by atoms with Gasteiger partial charge in [0.15, 0.2) is 0 Å². The monoisotopic (exact) mass is 405 g/mol. The first-order valence-electron chi connectivity index (χ1n) is 9.70. The van der Waals surface area contributed by atoms with Crippen molar-refractivity contribution in [2.24, 2.45) is 5.92 Å². The molecule has 1 aliphatic rings. The fraction of sp³-hybridized carbons (Fsp3) is 0.261. The Kier molecular flexibility index (Phi) is 5.71. The van der Waals surface area contributed by atoms with Gasteiger partial charge in [0.25, 0.3) is 5.91 Å². The van der Waals surface area contributed by atoms with Crippen LogP contribution >= 0.6 is 11.3 Å². The van der Waals surface area contributed by atoms with Crippen molar-refractivity contribution in [1.82, 2.24) is 14.8 Å². The number of nitrogens with zero attached hydrogens (tertiary/aromatic N) is 3. The average molecular weight is 406 g/mol. The minimum Gasteiger partial charge on any atom is -0.344 e. The highest BCUT2D eigenvalue weighted by Gasteiger charge is 2.31. The maximum atomic E-state index is 12.9. The highest BCUT2D eigenvalue weighted by molar-refractivity contribution is 7.13. The van der Waals surface area contributed by atoms with E-state index in [-0.39, 0.29) is 17.7 Å². The van der Waals surface area contributed by atoms with E-state index >= 15 is 0 Å². The molecule has 0 radical (unpaired) electrons. The molecule has 0 N–H and O–H groups in total. The quantitative estimate of drug-likeness (QED) is 0.667. The summed E-state index contributed by atoms with van der Waals surface area (Å²) in [5.41, 5.74) is 2.70. The largest absolute Gasteiger partial charge is 0.344 e. The van der Waals surface area contributed by atoms with Gasteiger partial charge in [-0.05, 0) is 41.1 Å². The van der Waals surface area contributed by atoms with Crippen LogP contribution in [0.25, 0.3) is 10.4 Å². The van der Waals surface area contributed by atoms with Crippen molar-refractivity contribution in [3.63, 3.8) is 0 Å². The van der Waals surface area contributed by atoms with Gasteiger partial charge in [0, 0.05) is 37.8 Å². The van der Waals surface area contributed by atoms with E-state index in [1.807, 2.05) is 19.2 Å². The predicted molar refractivity (Wildman–Crippen MR) is 115 cm³/mol. The van der Waals surface area contributed by atoms with Crippen LogP contribution in [-0.2, 0) is 11.2 Å². The minimum absolute atomic E-state index is 0.0867. The molecule has 1 atom stereocenters. The van der Waals surface area contributed by atoms with Gasteiger partial charge in [-0.25, -0.2) is 0 Å². The van der Waals surface area contributed by atoms with Crippen LogP contribution in [0.2, 0.25) is 0 Å². The summed E-state index contributed by atoms with van der Waals surface area (Å²) >= 11 is 1.71. The van der Waals surface area contributed by atoms with Crippen molar-refractivity contribution in [1.29, 1.82) is 0 Å². The molecule has 0 aliphatic carbocycles. The number of benzene rings is 1. The Morgan fingerprint density at radius 2 is 1.93 bits per heavy atom. The number of carbonyl (C=O) groups is 2. The van der Waals surface area contributed by atoms with Gasteiger partial charge in [-0.3, -0.25) is 14.6 Å². The topological polar surface area (TPSA) is 53.5 Å². The predicted octanol–water partition coefficient (Wildman–Crippen LogP) is 3.58. The smallest absolute Gasteiger partial charge is 0.272 e. The molecule has 0 saturated carbocycles. The van der Waals surface area contributed by atoms with Crippen molar-refractivity contribution >= 4 is 23.2 Å². The van der Waals surface area contributed by atoms with Crippen LogP contribution < -0.4 is 0 Å². The highest BCUT2D eigenvalue weighted by atomic mass is 32.1. The molecule has 1 aromatic carbocycles. The Balaban J connectivity index is 1.51. The molecule has 0 spiro atoms. The highest BCUT2D eigenvalue weighted by Crippen LogP contribution is 2.26.